The molecule has 0 bridgehead atoms. The highest BCUT2D eigenvalue weighted by Crippen LogP contribution is 2.18. The van der Waals surface area contributed by atoms with E-state index in [1.54, 1.807) is 30.3 Å². The third-order valence-corrected chi connectivity index (χ3v) is 3.46. The standard InChI is InChI=1S/C16H18N2O4S/c1-3-22-15-6-4-5-14(11-15)17-16(19)12-7-9-13(10-8-12)18-23(2,20)21/h4-11,18H,3H2,1-2H3,(H,17,19). The molecule has 2 aromatic carbocycles. The molecule has 0 heterocycles. The second kappa shape index (κ2) is 7.15. The minimum atomic E-state index is -3.33. The topological polar surface area (TPSA) is 84.5 Å². The van der Waals surface area contributed by atoms with Crippen LogP contribution in [0.4, 0.5) is 11.4 Å². The summed E-state index contributed by atoms with van der Waals surface area (Å²) in [5.74, 6) is 0.391. The van der Waals surface area contributed by atoms with Crippen LogP contribution in [0, 0.1) is 0 Å². The van der Waals surface area contributed by atoms with E-state index in [1.807, 2.05) is 13.0 Å². The first-order valence-corrected chi connectivity index (χ1v) is 8.88. The lowest BCUT2D eigenvalue weighted by atomic mass is 10.2. The van der Waals surface area contributed by atoms with E-state index in [0.29, 0.717) is 29.3 Å². The van der Waals surface area contributed by atoms with Gasteiger partial charge in [0.1, 0.15) is 5.75 Å². The first-order chi connectivity index (χ1) is 10.9. The van der Waals surface area contributed by atoms with E-state index in [9.17, 15) is 13.2 Å². The normalized spacial score (nSPS) is 10.9. The average Bonchev–Trinajstić information content (AvgIpc) is 2.47. The molecular formula is C16H18N2O4S. The van der Waals surface area contributed by atoms with Gasteiger partial charge in [-0.2, -0.15) is 0 Å². The van der Waals surface area contributed by atoms with E-state index < -0.39 is 10.0 Å². The molecule has 0 aliphatic carbocycles. The predicted molar refractivity (Wildman–Crippen MR) is 90.5 cm³/mol. The van der Waals surface area contributed by atoms with Gasteiger partial charge in [-0.25, -0.2) is 8.42 Å². The lowest BCUT2D eigenvalue weighted by Crippen LogP contribution is -2.13. The van der Waals surface area contributed by atoms with E-state index in [4.69, 9.17) is 4.74 Å². The summed E-state index contributed by atoms with van der Waals surface area (Å²) < 4.78 is 30.0. The van der Waals surface area contributed by atoms with E-state index in [2.05, 4.69) is 10.0 Å². The number of hydrogen-bond donors (Lipinski definition) is 2. The molecule has 7 heteroatoms. The summed E-state index contributed by atoms with van der Waals surface area (Å²) in [7, 11) is -3.33. The molecule has 0 saturated carbocycles. The van der Waals surface area contributed by atoms with Crippen molar-refractivity contribution in [3.8, 4) is 5.75 Å². The number of amides is 1. The highest BCUT2D eigenvalue weighted by molar-refractivity contribution is 7.92. The third kappa shape index (κ3) is 5.30. The van der Waals surface area contributed by atoms with Crippen molar-refractivity contribution < 1.29 is 17.9 Å². The molecule has 0 fully saturated rings. The second-order valence-electron chi connectivity index (χ2n) is 4.87. The number of sulfonamides is 1. The Labute approximate surface area is 135 Å². The molecule has 2 N–H and O–H groups in total. The first-order valence-electron chi connectivity index (χ1n) is 6.99. The number of benzene rings is 2. The quantitative estimate of drug-likeness (QED) is 0.850. The van der Waals surface area contributed by atoms with Crippen LogP contribution < -0.4 is 14.8 Å². The van der Waals surface area contributed by atoms with Crippen LogP contribution in [0.5, 0.6) is 5.75 Å². The fourth-order valence-corrected chi connectivity index (χ4v) is 2.50. The van der Waals surface area contributed by atoms with Crippen molar-refractivity contribution in [1.82, 2.24) is 0 Å². The van der Waals surface area contributed by atoms with Crippen molar-refractivity contribution in [2.24, 2.45) is 0 Å². The van der Waals surface area contributed by atoms with Crippen LogP contribution in [0.25, 0.3) is 0 Å². The van der Waals surface area contributed by atoms with E-state index >= 15 is 0 Å². The van der Waals surface area contributed by atoms with Crippen LogP contribution in [0.1, 0.15) is 17.3 Å². The van der Waals surface area contributed by atoms with Crippen LogP contribution in [0.2, 0.25) is 0 Å². The fraction of sp³-hybridized carbons (Fsp3) is 0.188. The average molecular weight is 334 g/mol. The van der Waals surface area contributed by atoms with Gasteiger partial charge < -0.3 is 10.1 Å². The van der Waals surface area contributed by atoms with Crippen LogP contribution in [0.3, 0.4) is 0 Å². The molecule has 0 aromatic heterocycles. The molecule has 1 amide bonds. The van der Waals surface area contributed by atoms with Crippen molar-refractivity contribution in [1.29, 1.82) is 0 Å². The molecular weight excluding hydrogens is 316 g/mol. The molecule has 6 nitrogen and oxygen atoms in total. The summed E-state index contributed by atoms with van der Waals surface area (Å²) in [4.78, 5) is 12.2. The number of ether oxygens (including phenoxy) is 1. The second-order valence-corrected chi connectivity index (χ2v) is 6.62. The molecule has 23 heavy (non-hydrogen) atoms. The number of carbonyl (C=O) groups excluding carboxylic acids is 1. The Kier molecular flexibility index (Phi) is 5.23. The monoisotopic (exact) mass is 334 g/mol. The molecule has 122 valence electrons. The Morgan fingerprint density at radius 1 is 1.09 bits per heavy atom. The Balaban J connectivity index is 2.07. The Morgan fingerprint density at radius 3 is 2.39 bits per heavy atom. The molecule has 0 aliphatic rings. The number of nitrogens with one attached hydrogen (secondary N) is 2. The fourth-order valence-electron chi connectivity index (χ4n) is 1.94. The maximum Gasteiger partial charge on any atom is 0.255 e. The highest BCUT2D eigenvalue weighted by atomic mass is 32.2. The van der Waals surface area contributed by atoms with Gasteiger partial charge in [0.15, 0.2) is 0 Å². The van der Waals surface area contributed by atoms with Crippen LogP contribution >= 0.6 is 0 Å². The molecule has 0 aliphatic heterocycles. The van der Waals surface area contributed by atoms with Crippen molar-refractivity contribution in [3.63, 3.8) is 0 Å². The zero-order valence-electron chi connectivity index (χ0n) is 12.9. The minimum Gasteiger partial charge on any atom is -0.494 e. The molecule has 2 rings (SSSR count). The van der Waals surface area contributed by atoms with Gasteiger partial charge in [-0.1, -0.05) is 6.07 Å². The molecule has 0 radical (unpaired) electrons. The van der Waals surface area contributed by atoms with Crippen LogP contribution in [0.15, 0.2) is 48.5 Å². The lowest BCUT2D eigenvalue weighted by molar-refractivity contribution is 0.102. The smallest absolute Gasteiger partial charge is 0.255 e. The SMILES string of the molecule is CCOc1cccc(NC(=O)c2ccc(NS(C)(=O)=O)cc2)c1. The first kappa shape index (κ1) is 16.8. The Hall–Kier alpha value is -2.54. The molecule has 0 unspecified atom stereocenters. The maximum absolute atomic E-state index is 12.2. The zero-order chi connectivity index (χ0) is 16.9. The maximum atomic E-state index is 12.2. The van der Waals surface area contributed by atoms with E-state index in [0.717, 1.165) is 6.26 Å². The summed E-state index contributed by atoms with van der Waals surface area (Å²) >= 11 is 0. The third-order valence-electron chi connectivity index (χ3n) is 2.85. The molecule has 2 aromatic rings. The summed E-state index contributed by atoms with van der Waals surface area (Å²) in [6.07, 6.45) is 1.07. The van der Waals surface area contributed by atoms with E-state index in [-0.39, 0.29) is 5.91 Å². The van der Waals surface area contributed by atoms with Crippen molar-refractivity contribution in [2.75, 3.05) is 22.9 Å². The number of anilines is 2. The largest absolute Gasteiger partial charge is 0.494 e. The zero-order valence-corrected chi connectivity index (χ0v) is 13.7. The van der Waals surface area contributed by atoms with Crippen molar-refractivity contribution in [3.05, 3.63) is 54.1 Å². The highest BCUT2D eigenvalue weighted by Gasteiger charge is 2.08. The van der Waals surface area contributed by atoms with Gasteiger partial charge in [0.05, 0.1) is 12.9 Å². The Bertz CT molecular complexity index is 786. The van der Waals surface area contributed by atoms with Gasteiger partial charge in [0, 0.05) is 23.0 Å². The van der Waals surface area contributed by atoms with Crippen molar-refractivity contribution in [2.45, 2.75) is 6.92 Å². The lowest BCUT2D eigenvalue weighted by Gasteiger charge is -2.09. The Morgan fingerprint density at radius 2 is 1.78 bits per heavy atom. The van der Waals surface area contributed by atoms with Crippen LogP contribution in [-0.4, -0.2) is 27.2 Å². The number of carbonyl (C=O) groups is 1. The van der Waals surface area contributed by atoms with Gasteiger partial charge in [-0.15, -0.1) is 0 Å². The van der Waals surface area contributed by atoms with Gasteiger partial charge >= 0.3 is 0 Å². The number of hydrogen-bond acceptors (Lipinski definition) is 4. The van der Waals surface area contributed by atoms with Gasteiger partial charge in [0.25, 0.3) is 5.91 Å². The van der Waals surface area contributed by atoms with E-state index in [1.165, 1.54) is 12.1 Å². The summed E-state index contributed by atoms with van der Waals surface area (Å²) in [6.45, 7) is 2.43. The van der Waals surface area contributed by atoms with Gasteiger partial charge in [-0.05, 0) is 43.3 Å². The molecule has 0 saturated heterocycles. The van der Waals surface area contributed by atoms with Gasteiger partial charge in [-0.3, -0.25) is 9.52 Å². The number of rotatable bonds is 6. The van der Waals surface area contributed by atoms with Crippen molar-refractivity contribution >= 4 is 27.3 Å². The van der Waals surface area contributed by atoms with Crippen LogP contribution in [-0.2, 0) is 10.0 Å². The molecule has 0 spiro atoms. The summed E-state index contributed by atoms with van der Waals surface area (Å²) in [5, 5.41) is 2.77. The minimum absolute atomic E-state index is 0.287. The molecule has 0 atom stereocenters. The summed E-state index contributed by atoms with van der Waals surface area (Å²) in [5.41, 5.74) is 1.45. The summed E-state index contributed by atoms with van der Waals surface area (Å²) in [6, 6.07) is 13.3. The van der Waals surface area contributed by atoms with Gasteiger partial charge in [0.2, 0.25) is 10.0 Å². The predicted octanol–water partition coefficient (Wildman–Crippen LogP) is 2.71.